The minimum atomic E-state index is -0.457. The summed E-state index contributed by atoms with van der Waals surface area (Å²) in [5.74, 6) is -0.469. The number of aryl methyl sites for hydroxylation is 1. The summed E-state index contributed by atoms with van der Waals surface area (Å²) in [7, 11) is 0. The van der Waals surface area contributed by atoms with E-state index in [-0.39, 0.29) is 11.3 Å². The molecule has 5 heteroatoms. The molecule has 2 aromatic rings. The van der Waals surface area contributed by atoms with Crippen LogP contribution in [-0.4, -0.2) is 55.3 Å². The zero-order chi connectivity index (χ0) is 20.5. The van der Waals surface area contributed by atoms with Gasteiger partial charge in [0.15, 0.2) is 0 Å². The Kier molecular flexibility index (Phi) is 7.94. The number of carbonyl (C=O) groups excluding carboxylic acids is 1. The molecule has 0 unspecified atom stereocenters. The highest BCUT2D eigenvalue weighted by Crippen LogP contribution is 2.21. The molecule has 29 heavy (non-hydrogen) atoms. The van der Waals surface area contributed by atoms with Gasteiger partial charge >= 0.3 is 5.97 Å². The summed E-state index contributed by atoms with van der Waals surface area (Å²) in [6, 6.07) is 15.9. The van der Waals surface area contributed by atoms with Gasteiger partial charge in [-0.2, -0.15) is 0 Å². The van der Waals surface area contributed by atoms with Crippen molar-refractivity contribution in [1.82, 2.24) is 4.90 Å². The van der Waals surface area contributed by atoms with Gasteiger partial charge in [0.25, 0.3) is 0 Å². The van der Waals surface area contributed by atoms with Crippen molar-refractivity contribution in [1.29, 1.82) is 0 Å². The van der Waals surface area contributed by atoms with E-state index >= 15 is 0 Å². The molecule has 0 spiro atoms. The normalized spacial score (nSPS) is 14.7. The molecule has 156 valence electrons. The molecule has 0 saturated carbocycles. The van der Waals surface area contributed by atoms with Crippen molar-refractivity contribution in [2.24, 2.45) is 0 Å². The van der Waals surface area contributed by atoms with Crippen molar-refractivity contribution in [3.05, 3.63) is 59.7 Å². The Hall–Kier alpha value is -2.53. The highest BCUT2D eigenvalue weighted by molar-refractivity contribution is 5.92. The number of benzene rings is 2. The van der Waals surface area contributed by atoms with Gasteiger partial charge in [-0.15, -0.1) is 0 Å². The van der Waals surface area contributed by atoms with Crippen LogP contribution in [0.5, 0.6) is 5.75 Å². The van der Waals surface area contributed by atoms with Crippen LogP contribution < -0.4 is 4.90 Å². The fourth-order valence-corrected chi connectivity index (χ4v) is 3.82. The number of hydrogen-bond donors (Lipinski definition) is 1. The van der Waals surface area contributed by atoms with Crippen molar-refractivity contribution in [2.75, 3.05) is 44.2 Å². The molecule has 2 aromatic carbocycles. The van der Waals surface area contributed by atoms with Crippen LogP contribution in [0.3, 0.4) is 0 Å². The molecule has 0 aromatic heterocycles. The number of para-hydroxylation sites is 1. The van der Waals surface area contributed by atoms with Crippen molar-refractivity contribution in [3.8, 4) is 5.75 Å². The second-order valence-electron chi connectivity index (χ2n) is 7.55. The third kappa shape index (κ3) is 6.23. The Morgan fingerprint density at radius 3 is 2.48 bits per heavy atom. The van der Waals surface area contributed by atoms with Gasteiger partial charge in [0.1, 0.15) is 11.3 Å². The minimum Gasteiger partial charge on any atom is -0.507 e. The molecule has 1 N–H and O–H groups in total. The molecule has 1 saturated heterocycles. The lowest BCUT2D eigenvalue weighted by atomic mass is 10.0. The molecular formula is C24H32N2O3. The monoisotopic (exact) mass is 396 g/mol. The van der Waals surface area contributed by atoms with Crippen LogP contribution in [0.25, 0.3) is 0 Å². The van der Waals surface area contributed by atoms with Crippen molar-refractivity contribution < 1.29 is 14.6 Å². The molecular weight excluding hydrogens is 364 g/mol. The van der Waals surface area contributed by atoms with Crippen molar-refractivity contribution >= 4 is 11.7 Å². The van der Waals surface area contributed by atoms with Crippen molar-refractivity contribution in [2.45, 2.75) is 32.6 Å². The largest absolute Gasteiger partial charge is 0.507 e. The van der Waals surface area contributed by atoms with Crippen LogP contribution in [0, 0.1) is 0 Å². The molecule has 1 fully saturated rings. The number of carbonyl (C=O) groups is 1. The van der Waals surface area contributed by atoms with E-state index in [0.29, 0.717) is 6.61 Å². The summed E-state index contributed by atoms with van der Waals surface area (Å²) >= 11 is 0. The summed E-state index contributed by atoms with van der Waals surface area (Å²) in [6.45, 7) is 7.64. The first-order chi connectivity index (χ1) is 14.2. The van der Waals surface area contributed by atoms with Gasteiger partial charge in [-0.1, -0.05) is 30.7 Å². The Morgan fingerprint density at radius 2 is 1.76 bits per heavy atom. The molecule has 5 nitrogen and oxygen atoms in total. The minimum absolute atomic E-state index is 0.0122. The van der Waals surface area contributed by atoms with Gasteiger partial charge < -0.3 is 14.7 Å². The van der Waals surface area contributed by atoms with E-state index < -0.39 is 5.97 Å². The van der Waals surface area contributed by atoms with Gasteiger partial charge in [-0.05, 0) is 62.6 Å². The van der Waals surface area contributed by atoms with Crippen LogP contribution in [0.15, 0.2) is 48.5 Å². The van der Waals surface area contributed by atoms with E-state index in [0.717, 1.165) is 57.5 Å². The summed E-state index contributed by atoms with van der Waals surface area (Å²) in [4.78, 5) is 16.9. The number of hydrogen-bond acceptors (Lipinski definition) is 5. The Balaban J connectivity index is 1.34. The first-order valence-electron chi connectivity index (χ1n) is 10.7. The average Bonchev–Trinajstić information content (AvgIpc) is 2.76. The standard InChI is InChI=1S/C24H32N2O3/c1-2-29-24(28)22-19-20(12-13-23(22)27)9-5-4-8-14-25-15-17-26(18-16-25)21-10-6-3-7-11-21/h3,6-7,10-13,19,27H,2,4-5,8-9,14-18H2,1H3. The van der Waals surface area contributed by atoms with Crippen molar-refractivity contribution in [3.63, 3.8) is 0 Å². The summed E-state index contributed by atoms with van der Waals surface area (Å²) < 4.78 is 5.00. The summed E-state index contributed by atoms with van der Waals surface area (Å²) in [6.07, 6.45) is 4.34. The molecule has 1 aliphatic rings. The SMILES string of the molecule is CCOC(=O)c1cc(CCCCCN2CCN(c3ccccc3)CC2)ccc1O. The van der Waals surface area contributed by atoms with Crippen LogP contribution in [0.1, 0.15) is 42.1 Å². The quantitative estimate of drug-likeness (QED) is 0.511. The lowest BCUT2D eigenvalue weighted by Gasteiger charge is -2.36. The van der Waals surface area contributed by atoms with Gasteiger partial charge in [-0.3, -0.25) is 4.90 Å². The maximum absolute atomic E-state index is 11.9. The van der Waals surface area contributed by atoms with Gasteiger partial charge in [0.2, 0.25) is 0 Å². The molecule has 0 atom stereocenters. The number of phenolic OH excluding ortho intramolecular Hbond substituents is 1. The molecule has 0 bridgehead atoms. The fraction of sp³-hybridized carbons (Fsp3) is 0.458. The smallest absolute Gasteiger partial charge is 0.341 e. The molecule has 0 aliphatic carbocycles. The van der Waals surface area contributed by atoms with Gasteiger partial charge in [-0.25, -0.2) is 4.79 Å². The lowest BCUT2D eigenvalue weighted by Crippen LogP contribution is -2.46. The summed E-state index contributed by atoms with van der Waals surface area (Å²) in [5.41, 5.74) is 2.66. The average molecular weight is 397 g/mol. The highest BCUT2D eigenvalue weighted by Gasteiger charge is 2.16. The second-order valence-corrected chi connectivity index (χ2v) is 7.55. The Bertz CT molecular complexity index is 771. The van der Waals surface area contributed by atoms with E-state index in [1.807, 2.05) is 6.07 Å². The zero-order valence-corrected chi connectivity index (χ0v) is 17.3. The van der Waals surface area contributed by atoms with E-state index in [1.165, 1.54) is 12.1 Å². The zero-order valence-electron chi connectivity index (χ0n) is 17.3. The van der Waals surface area contributed by atoms with E-state index in [4.69, 9.17) is 4.74 Å². The lowest BCUT2D eigenvalue weighted by molar-refractivity contribution is 0.0523. The molecule has 0 amide bonds. The van der Waals surface area contributed by atoms with Crippen LogP contribution >= 0.6 is 0 Å². The van der Waals surface area contributed by atoms with Crippen LogP contribution in [0.4, 0.5) is 5.69 Å². The number of unbranched alkanes of at least 4 members (excludes halogenated alkanes) is 2. The number of nitrogens with zero attached hydrogens (tertiary/aromatic N) is 2. The summed E-state index contributed by atoms with van der Waals surface area (Å²) in [5, 5.41) is 9.87. The van der Waals surface area contributed by atoms with Gasteiger partial charge in [0.05, 0.1) is 6.61 Å². The fourth-order valence-electron chi connectivity index (χ4n) is 3.82. The Labute approximate surface area is 173 Å². The number of anilines is 1. The van der Waals surface area contributed by atoms with E-state index in [2.05, 4.69) is 40.1 Å². The molecule has 1 aliphatic heterocycles. The van der Waals surface area contributed by atoms with Crippen LogP contribution in [-0.2, 0) is 11.2 Å². The number of piperazine rings is 1. The number of aromatic hydroxyl groups is 1. The molecule has 0 radical (unpaired) electrons. The maximum atomic E-state index is 11.9. The highest BCUT2D eigenvalue weighted by atomic mass is 16.5. The second kappa shape index (κ2) is 10.9. The maximum Gasteiger partial charge on any atom is 0.341 e. The Morgan fingerprint density at radius 1 is 1.00 bits per heavy atom. The molecule has 3 rings (SSSR count). The topological polar surface area (TPSA) is 53.0 Å². The number of esters is 1. The number of rotatable bonds is 9. The molecule has 1 heterocycles. The first kappa shape index (κ1) is 21.2. The van der Waals surface area contributed by atoms with Gasteiger partial charge in [0, 0.05) is 31.9 Å². The van der Waals surface area contributed by atoms with E-state index in [1.54, 1.807) is 19.1 Å². The predicted octanol–water partition coefficient (Wildman–Crippen LogP) is 4.10. The number of ether oxygens (including phenoxy) is 1. The first-order valence-corrected chi connectivity index (χ1v) is 10.7. The third-order valence-electron chi connectivity index (χ3n) is 5.49. The third-order valence-corrected chi connectivity index (χ3v) is 5.49. The number of phenols is 1. The van der Waals surface area contributed by atoms with E-state index in [9.17, 15) is 9.90 Å². The van der Waals surface area contributed by atoms with Crippen LogP contribution in [0.2, 0.25) is 0 Å². The predicted molar refractivity (Wildman–Crippen MR) is 117 cm³/mol.